The molecule has 9 nitrogen and oxygen atoms in total. The summed E-state index contributed by atoms with van der Waals surface area (Å²) < 4.78 is 39.0. The van der Waals surface area contributed by atoms with E-state index in [2.05, 4.69) is 30.6 Å². The molecule has 0 aromatic carbocycles. The summed E-state index contributed by atoms with van der Waals surface area (Å²) in [6.45, 7) is 1.86. The molecule has 0 aliphatic heterocycles. The van der Waals surface area contributed by atoms with Crippen molar-refractivity contribution in [2.24, 2.45) is 5.92 Å². The van der Waals surface area contributed by atoms with Crippen molar-refractivity contribution in [1.82, 2.24) is 19.9 Å². The lowest BCUT2D eigenvalue weighted by Gasteiger charge is -2.21. The maximum atomic E-state index is 12.7. The molecule has 14 heteroatoms. The summed E-state index contributed by atoms with van der Waals surface area (Å²) in [6, 6.07) is 1.20. The molecule has 0 bridgehead atoms. The van der Waals surface area contributed by atoms with E-state index in [4.69, 9.17) is 0 Å². The number of aliphatic hydroxyl groups is 3. The van der Waals surface area contributed by atoms with Crippen molar-refractivity contribution in [2.45, 2.75) is 44.7 Å². The van der Waals surface area contributed by atoms with E-state index >= 15 is 0 Å². The van der Waals surface area contributed by atoms with Gasteiger partial charge in [-0.05, 0) is 26.3 Å². The van der Waals surface area contributed by atoms with Gasteiger partial charge in [-0.3, -0.25) is 4.98 Å². The molecular weight excluding hydrogens is 497 g/mol. The van der Waals surface area contributed by atoms with Gasteiger partial charge in [-0.15, -0.1) is 23.7 Å². The van der Waals surface area contributed by atoms with E-state index in [0.717, 1.165) is 10.4 Å². The smallest absolute Gasteiger partial charge is 0.396 e. The SMILES string of the molecule is Cc1cc2sc(-c3c(C)nc(NCC(F)(F)F)nc3N[C@@H]3C[C@H](CO)[C@@H](O)[C@H]3O)nc2cn1.Cl. The molecule has 1 aliphatic carbocycles. The second-order valence-electron chi connectivity index (χ2n) is 8.05. The Balaban J connectivity index is 0.00000324. The second kappa shape index (κ2) is 10.1. The van der Waals surface area contributed by atoms with Crippen LogP contribution in [0, 0.1) is 19.8 Å². The molecule has 0 spiro atoms. The number of thiazole rings is 1. The number of fused-ring (bicyclic) bond motifs is 1. The Morgan fingerprint density at radius 3 is 2.53 bits per heavy atom. The summed E-state index contributed by atoms with van der Waals surface area (Å²) in [4.78, 5) is 17.2. The summed E-state index contributed by atoms with van der Waals surface area (Å²) >= 11 is 1.36. The van der Waals surface area contributed by atoms with Crippen molar-refractivity contribution in [3.8, 4) is 10.6 Å². The Bertz CT molecular complexity index is 1160. The van der Waals surface area contributed by atoms with Crippen LogP contribution in [0.15, 0.2) is 12.3 Å². The Morgan fingerprint density at radius 1 is 1.15 bits per heavy atom. The maximum Gasteiger partial charge on any atom is 0.405 e. The molecule has 5 N–H and O–H groups in total. The minimum atomic E-state index is -4.46. The number of aromatic nitrogens is 4. The third-order valence-corrected chi connectivity index (χ3v) is 6.56. The van der Waals surface area contributed by atoms with Gasteiger partial charge in [0.25, 0.3) is 0 Å². The van der Waals surface area contributed by atoms with Crippen LogP contribution < -0.4 is 10.6 Å². The van der Waals surface area contributed by atoms with Gasteiger partial charge in [0.2, 0.25) is 5.95 Å². The van der Waals surface area contributed by atoms with Crippen LogP contribution in [0.3, 0.4) is 0 Å². The zero-order valence-electron chi connectivity index (χ0n) is 18.2. The summed E-state index contributed by atoms with van der Waals surface area (Å²) in [5.74, 6) is -0.601. The summed E-state index contributed by atoms with van der Waals surface area (Å²) in [5.41, 5.74) is 2.32. The fourth-order valence-corrected chi connectivity index (χ4v) is 4.98. The Kier molecular flexibility index (Phi) is 7.82. The first-order valence-corrected chi connectivity index (χ1v) is 11.0. The maximum absolute atomic E-state index is 12.7. The Hall–Kier alpha value is -2.32. The number of rotatable bonds is 6. The molecule has 3 heterocycles. The van der Waals surface area contributed by atoms with Gasteiger partial charge >= 0.3 is 6.18 Å². The molecule has 4 rings (SSSR count). The van der Waals surface area contributed by atoms with Crippen molar-refractivity contribution in [1.29, 1.82) is 0 Å². The zero-order valence-corrected chi connectivity index (χ0v) is 19.8. The first-order chi connectivity index (χ1) is 15.6. The third-order valence-electron chi connectivity index (χ3n) is 5.52. The van der Waals surface area contributed by atoms with Crippen LogP contribution >= 0.6 is 23.7 Å². The monoisotopic (exact) mass is 520 g/mol. The number of alkyl halides is 3. The van der Waals surface area contributed by atoms with Crippen molar-refractivity contribution in [2.75, 3.05) is 23.8 Å². The van der Waals surface area contributed by atoms with Crippen molar-refractivity contribution >= 4 is 45.7 Å². The largest absolute Gasteiger partial charge is 0.405 e. The molecule has 34 heavy (non-hydrogen) atoms. The molecule has 0 amide bonds. The average Bonchev–Trinajstić information content (AvgIpc) is 3.26. The molecule has 3 aromatic heterocycles. The normalized spacial score (nSPS) is 22.6. The van der Waals surface area contributed by atoms with Crippen LogP contribution in [0.4, 0.5) is 24.9 Å². The van der Waals surface area contributed by atoms with Crippen LogP contribution in [0.1, 0.15) is 17.8 Å². The fraction of sp³-hybridized carbons (Fsp3) is 0.500. The van der Waals surface area contributed by atoms with Crippen molar-refractivity contribution in [3.05, 3.63) is 23.7 Å². The quantitative estimate of drug-likeness (QED) is 0.332. The number of nitrogens with zero attached hydrogens (tertiary/aromatic N) is 4. The van der Waals surface area contributed by atoms with Crippen LogP contribution in [0.25, 0.3) is 20.8 Å². The molecule has 0 radical (unpaired) electrons. The predicted molar refractivity (Wildman–Crippen MR) is 124 cm³/mol. The number of hydrogen-bond donors (Lipinski definition) is 5. The third kappa shape index (κ3) is 5.49. The summed E-state index contributed by atoms with van der Waals surface area (Å²) in [5, 5.41) is 35.8. The highest BCUT2D eigenvalue weighted by atomic mass is 35.5. The first-order valence-electron chi connectivity index (χ1n) is 10.2. The lowest BCUT2D eigenvalue weighted by atomic mass is 10.1. The molecule has 0 saturated heterocycles. The van der Waals surface area contributed by atoms with Gasteiger partial charge in [-0.1, -0.05) is 0 Å². The zero-order chi connectivity index (χ0) is 23.9. The van der Waals surface area contributed by atoms with Crippen LogP contribution in [-0.2, 0) is 0 Å². The minimum Gasteiger partial charge on any atom is -0.396 e. The van der Waals surface area contributed by atoms with Gasteiger partial charge in [0, 0.05) is 18.2 Å². The van der Waals surface area contributed by atoms with Crippen LogP contribution in [0.5, 0.6) is 0 Å². The van der Waals surface area contributed by atoms with E-state index in [1.54, 1.807) is 13.1 Å². The fourth-order valence-electron chi connectivity index (χ4n) is 3.85. The van der Waals surface area contributed by atoms with Crippen molar-refractivity contribution in [3.63, 3.8) is 0 Å². The van der Waals surface area contributed by atoms with Crippen LogP contribution in [-0.4, -0.2) is 72.8 Å². The van der Waals surface area contributed by atoms with Gasteiger partial charge < -0.3 is 26.0 Å². The van der Waals surface area contributed by atoms with Crippen LogP contribution in [0.2, 0.25) is 0 Å². The van der Waals surface area contributed by atoms with E-state index in [0.29, 0.717) is 21.8 Å². The van der Waals surface area contributed by atoms with E-state index in [1.807, 2.05) is 13.0 Å². The highest BCUT2D eigenvalue weighted by molar-refractivity contribution is 7.21. The molecular formula is C20H24ClF3N6O3S. The van der Waals surface area contributed by atoms with Gasteiger partial charge in [0.05, 0.1) is 34.3 Å². The van der Waals surface area contributed by atoms with Gasteiger partial charge in [0.1, 0.15) is 29.0 Å². The van der Waals surface area contributed by atoms with Gasteiger partial charge in [-0.25, -0.2) is 9.97 Å². The van der Waals surface area contributed by atoms with E-state index in [1.165, 1.54) is 11.3 Å². The highest BCUT2D eigenvalue weighted by Gasteiger charge is 2.41. The van der Waals surface area contributed by atoms with E-state index < -0.39 is 36.9 Å². The van der Waals surface area contributed by atoms with Gasteiger partial charge in [-0.2, -0.15) is 18.2 Å². The number of halogens is 4. The lowest BCUT2D eigenvalue weighted by Crippen LogP contribution is -2.36. The molecule has 1 fully saturated rings. The number of nitrogens with one attached hydrogen (secondary N) is 2. The topological polar surface area (TPSA) is 136 Å². The number of pyridine rings is 1. The van der Waals surface area contributed by atoms with E-state index in [9.17, 15) is 28.5 Å². The van der Waals surface area contributed by atoms with Gasteiger partial charge in [0.15, 0.2) is 0 Å². The summed E-state index contributed by atoms with van der Waals surface area (Å²) in [6.07, 6.45) is -4.91. The number of aliphatic hydroxyl groups excluding tert-OH is 3. The number of aryl methyl sites for hydroxylation is 2. The average molecular weight is 521 g/mol. The molecule has 4 atom stereocenters. The summed E-state index contributed by atoms with van der Waals surface area (Å²) in [7, 11) is 0. The molecule has 1 saturated carbocycles. The highest BCUT2D eigenvalue weighted by Crippen LogP contribution is 2.38. The predicted octanol–water partition coefficient (Wildman–Crippen LogP) is 2.68. The Labute approximate surface area is 202 Å². The molecule has 3 aromatic rings. The first kappa shape index (κ1) is 26.3. The lowest BCUT2D eigenvalue weighted by molar-refractivity contribution is -0.115. The second-order valence-corrected chi connectivity index (χ2v) is 9.08. The number of anilines is 2. The minimum absolute atomic E-state index is 0. The Morgan fingerprint density at radius 2 is 1.88 bits per heavy atom. The molecule has 186 valence electrons. The molecule has 1 aliphatic rings. The number of hydrogen-bond acceptors (Lipinski definition) is 10. The standard InChI is InChI=1S/C20H23F3N6O3S.ClH/c1-8-3-13-12(5-24-8)28-18(33-13)14-9(2)26-19(25-7-20(21,22)23)29-17(14)27-11-4-10(6-30)15(31)16(11)32;/h3,5,10-11,15-16,30-32H,4,6-7H2,1-2H3,(H2,25,26,27,29);1H/t10-,11-,15-,16+;/m1./s1. The van der Waals surface area contributed by atoms with E-state index in [-0.39, 0.29) is 37.2 Å². The van der Waals surface area contributed by atoms with Crippen molar-refractivity contribution < 1.29 is 28.5 Å². The molecule has 0 unspecified atom stereocenters.